The van der Waals surface area contributed by atoms with Crippen LogP contribution in [-0.2, 0) is 4.79 Å². The summed E-state index contributed by atoms with van der Waals surface area (Å²) in [6.45, 7) is 3.09. The second-order valence-corrected chi connectivity index (χ2v) is 8.82. The Morgan fingerprint density at radius 2 is 1.78 bits per heavy atom. The summed E-state index contributed by atoms with van der Waals surface area (Å²) in [5, 5.41) is 4.66. The fourth-order valence-corrected chi connectivity index (χ4v) is 5.90. The minimum Gasteiger partial charge on any atom is -0.372 e. The molecule has 1 amide bonds. The van der Waals surface area contributed by atoms with Crippen LogP contribution in [0.1, 0.15) is 43.6 Å². The first-order chi connectivity index (χ1) is 13.3. The van der Waals surface area contributed by atoms with Crippen LogP contribution in [0.25, 0.3) is 5.69 Å². The summed E-state index contributed by atoms with van der Waals surface area (Å²) in [6.07, 6.45) is 10.0. The quantitative estimate of drug-likeness (QED) is 0.824. The van der Waals surface area contributed by atoms with Crippen LogP contribution in [0.5, 0.6) is 0 Å². The number of carbonyl (C=O) groups excluding carboxylic acids is 1. The van der Waals surface area contributed by atoms with E-state index in [-0.39, 0.29) is 0 Å². The Labute approximate surface area is 159 Å². The molecule has 7 heterocycles. The minimum absolute atomic E-state index is 0.309. The highest BCUT2D eigenvalue weighted by atomic mass is 16.2. The van der Waals surface area contributed by atoms with E-state index < -0.39 is 0 Å². The molecule has 0 N–H and O–H groups in total. The number of piperidine rings is 2. The van der Waals surface area contributed by atoms with Crippen LogP contribution in [0.4, 0.5) is 5.69 Å². The Morgan fingerprint density at radius 1 is 1.00 bits per heavy atom. The van der Waals surface area contributed by atoms with E-state index in [9.17, 15) is 4.79 Å². The van der Waals surface area contributed by atoms with E-state index in [1.807, 2.05) is 10.9 Å². The van der Waals surface area contributed by atoms with Crippen molar-refractivity contribution in [1.82, 2.24) is 14.7 Å². The van der Waals surface area contributed by atoms with Gasteiger partial charge in [-0.1, -0.05) is 0 Å². The summed E-state index contributed by atoms with van der Waals surface area (Å²) in [7, 11) is 0. The lowest BCUT2D eigenvalue weighted by Crippen LogP contribution is -2.43. The zero-order valence-electron chi connectivity index (χ0n) is 15.6. The van der Waals surface area contributed by atoms with Crippen molar-refractivity contribution in [3.8, 4) is 5.69 Å². The molecule has 3 unspecified atom stereocenters. The van der Waals surface area contributed by atoms with Crippen molar-refractivity contribution in [3.63, 3.8) is 0 Å². The summed E-state index contributed by atoms with van der Waals surface area (Å²) in [4.78, 5) is 17.5. The third kappa shape index (κ3) is 2.43. The molecule has 1 aromatic heterocycles. The molecule has 2 saturated heterocycles. The number of anilines is 1. The van der Waals surface area contributed by atoms with Crippen molar-refractivity contribution < 1.29 is 4.79 Å². The fraction of sp³-hybridized carbons (Fsp3) is 0.545. The number of likely N-dealkylation sites (tertiary alicyclic amines) is 1. The van der Waals surface area contributed by atoms with Gasteiger partial charge in [0.05, 0.1) is 11.9 Å². The standard InChI is InChI=1S/C22H26N4O/c27-22-16-1-2-20(11-16)25(22)14-21-15-7-9-24(10-8-15)18-3-5-19(6-4-18)26-13-17(21)12-23-26/h3-6,12-13,15-16,20-21H,1-2,7-11,14H2. The van der Waals surface area contributed by atoms with E-state index in [1.54, 1.807) is 0 Å². The average molecular weight is 362 g/mol. The van der Waals surface area contributed by atoms with Gasteiger partial charge in [0.2, 0.25) is 5.91 Å². The number of fused-ring (bicyclic) bond motifs is 2. The number of amides is 1. The van der Waals surface area contributed by atoms with Crippen LogP contribution in [0.2, 0.25) is 0 Å². The van der Waals surface area contributed by atoms with Crippen LogP contribution in [0.15, 0.2) is 36.7 Å². The molecule has 3 atom stereocenters. The van der Waals surface area contributed by atoms with E-state index >= 15 is 0 Å². The first kappa shape index (κ1) is 15.7. The van der Waals surface area contributed by atoms with Crippen LogP contribution in [0.3, 0.4) is 0 Å². The van der Waals surface area contributed by atoms with Crippen molar-refractivity contribution in [3.05, 3.63) is 42.2 Å². The Balaban J connectivity index is 1.38. The maximum Gasteiger partial charge on any atom is 0.226 e. The van der Waals surface area contributed by atoms with Crippen LogP contribution in [-0.4, -0.2) is 46.3 Å². The molecule has 5 nitrogen and oxygen atoms in total. The molecule has 5 heteroatoms. The van der Waals surface area contributed by atoms with Crippen LogP contribution >= 0.6 is 0 Å². The second-order valence-electron chi connectivity index (χ2n) is 8.82. The predicted octanol–water partition coefficient (Wildman–Crippen LogP) is 3.20. The molecule has 9 rings (SSSR count). The summed E-state index contributed by atoms with van der Waals surface area (Å²) in [5.41, 5.74) is 3.72. The molecule has 7 aliphatic rings. The Bertz CT molecular complexity index is 865. The molecule has 140 valence electrons. The maximum atomic E-state index is 12.8. The SMILES string of the molecule is O=C1C2CCC(C2)N1CC1c2cnn(c2)-c2ccc(cc2)N2CCC1CC2. The van der Waals surface area contributed by atoms with Gasteiger partial charge < -0.3 is 9.80 Å². The fourth-order valence-electron chi connectivity index (χ4n) is 5.90. The molecule has 0 spiro atoms. The van der Waals surface area contributed by atoms with Gasteiger partial charge in [0, 0.05) is 49.4 Å². The molecule has 3 fully saturated rings. The maximum absolute atomic E-state index is 12.8. The van der Waals surface area contributed by atoms with Crippen molar-refractivity contribution in [2.24, 2.45) is 11.8 Å². The highest BCUT2D eigenvalue weighted by Gasteiger charge is 2.46. The number of nitrogens with zero attached hydrogens (tertiary/aromatic N) is 4. The molecule has 0 radical (unpaired) electrons. The topological polar surface area (TPSA) is 41.4 Å². The number of aromatic nitrogens is 2. The van der Waals surface area contributed by atoms with E-state index in [1.165, 1.54) is 30.5 Å². The van der Waals surface area contributed by atoms with Gasteiger partial charge in [-0.25, -0.2) is 4.68 Å². The highest BCUT2D eigenvalue weighted by Crippen LogP contribution is 2.42. The zero-order valence-corrected chi connectivity index (χ0v) is 15.6. The number of rotatable bonds is 2. The summed E-state index contributed by atoms with van der Waals surface area (Å²) in [6, 6.07) is 9.26. The van der Waals surface area contributed by atoms with E-state index in [2.05, 4.69) is 45.4 Å². The molecular formula is C22H26N4O. The van der Waals surface area contributed by atoms with Gasteiger partial charge in [-0.05, 0) is 67.9 Å². The van der Waals surface area contributed by atoms with Crippen LogP contribution in [0, 0.1) is 11.8 Å². The summed E-state index contributed by atoms with van der Waals surface area (Å²) >= 11 is 0. The minimum atomic E-state index is 0.309. The van der Waals surface area contributed by atoms with Gasteiger partial charge in [0.15, 0.2) is 0 Å². The Hall–Kier alpha value is -2.30. The van der Waals surface area contributed by atoms with E-state index in [0.29, 0.717) is 29.7 Å². The number of carbonyl (C=O) groups is 1. The number of hydrogen-bond acceptors (Lipinski definition) is 3. The van der Waals surface area contributed by atoms with Gasteiger partial charge in [-0.3, -0.25) is 4.79 Å². The third-order valence-electron chi connectivity index (χ3n) is 7.49. The van der Waals surface area contributed by atoms with Gasteiger partial charge in [0.25, 0.3) is 0 Å². The lowest BCUT2D eigenvalue weighted by Gasteiger charge is -2.40. The highest BCUT2D eigenvalue weighted by molar-refractivity contribution is 5.82. The molecule has 1 saturated carbocycles. The van der Waals surface area contributed by atoms with Crippen molar-refractivity contribution in [1.29, 1.82) is 0 Å². The van der Waals surface area contributed by atoms with Crippen molar-refractivity contribution >= 4 is 11.6 Å². The Kier molecular flexibility index (Phi) is 3.41. The number of benzene rings is 1. The summed E-state index contributed by atoms with van der Waals surface area (Å²) < 4.78 is 1.99. The van der Waals surface area contributed by atoms with E-state index in [4.69, 9.17) is 0 Å². The molecule has 6 aliphatic heterocycles. The zero-order chi connectivity index (χ0) is 18.0. The lowest BCUT2D eigenvalue weighted by molar-refractivity contribution is -0.134. The second kappa shape index (κ2) is 5.85. The summed E-state index contributed by atoms with van der Waals surface area (Å²) in [5.74, 6) is 1.75. The largest absolute Gasteiger partial charge is 0.372 e. The van der Waals surface area contributed by atoms with Gasteiger partial charge in [0.1, 0.15) is 0 Å². The molecule has 1 aromatic carbocycles. The Morgan fingerprint density at radius 3 is 2.52 bits per heavy atom. The van der Waals surface area contributed by atoms with Gasteiger partial charge >= 0.3 is 0 Å². The molecule has 8 bridgehead atoms. The predicted molar refractivity (Wildman–Crippen MR) is 104 cm³/mol. The monoisotopic (exact) mass is 362 g/mol. The lowest BCUT2D eigenvalue weighted by atomic mass is 9.80. The third-order valence-corrected chi connectivity index (χ3v) is 7.49. The first-order valence-electron chi connectivity index (χ1n) is 10.5. The van der Waals surface area contributed by atoms with E-state index in [0.717, 1.165) is 38.2 Å². The average Bonchev–Trinajstić information content (AvgIpc) is 3.43. The first-order valence-corrected chi connectivity index (χ1v) is 10.5. The smallest absolute Gasteiger partial charge is 0.226 e. The van der Waals surface area contributed by atoms with Crippen molar-refractivity contribution in [2.75, 3.05) is 24.5 Å². The normalized spacial score (nSPS) is 31.5. The van der Waals surface area contributed by atoms with Gasteiger partial charge in [-0.15, -0.1) is 0 Å². The molecule has 27 heavy (non-hydrogen) atoms. The molecule has 1 aliphatic carbocycles. The van der Waals surface area contributed by atoms with Crippen molar-refractivity contribution in [2.45, 2.75) is 44.1 Å². The molecular weight excluding hydrogens is 336 g/mol. The van der Waals surface area contributed by atoms with Gasteiger partial charge in [-0.2, -0.15) is 5.10 Å². The van der Waals surface area contributed by atoms with Crippen LogP contribution < -0.4 is 4.90 Å². The molecule has 2 aromatic rings. The number of hydrogen-bond donors (Lipinski definition) is 0.